The monoisotopic (exact) mass is 368 g/mol. The van der Waals surface area contributed by atoms with Crippen molar-refractivity contribution in [2.24, 2.45) is 5.73 Å². The van der Waals surface area contributed by atoms with Gasteiger partial charge in [0.1, 0.15) is 5.75 Å². The van der Waals surface area contributed by atoms with Crippen LogP contribution in [0.3, 0.4) is 0 Å². The standard InChI is InChI=1S/C16H18BrClN2O/c1-2-21-13-6-3-11(4-7-13)16(10-19)20-12-5-8-14(17)15(18)9-12/h3-9,16,20H,2,10,19H2,1H3. The zero-order chi connectivity index (χ0) is 15.2. The maximum atomic E-state index is 6.11. The molecule has 0 radical (unpaired) electrons. The normalized spacial score (nSPS) is 12.0. The summed E-state index contributed by atoms with van der Waals surface area (Å²) in [5.41, 5.74) is 7.93. The highest BCUT2D eigenvalue weighted by molar-refractivity contribution is 9.10. The van der Waals surface area contributed by atoms with Gasteiger partial charge >= 0.3 is 0 Å². The molecule has 0 saturated heterocycles. The average Bonchev–Trinajstić information content (AvgIpc) is 2.50. The molecule has 0 spiro atoms. The molecule has 21 heavy (non-hydrogen) atoms. The van der Waals surface area contributed by atoms with E-state index in [1.165, 1.54) is 0 Å². The second-order valence-corrected chi connectivity index (χ2v) is 5.83. The SMILES string of the molecule is CCOc1ccc(C(CN)Nc2ccc(Br)c(Cl)c2)cc1. The van der Waals surface area contributed by atoms with Gasteiger partial charge in [-0.3, -0.25) is 0 Å². The molecule has 0 saturated carbocycles. The van der Waals surface area contributed by atoms with E-state index >= 15 is 0 Å². The zero-order valence-electron chi connectivity index (χ0n) is 11.8. The van der Waals surface area contributed by atoms with E-state index in [0.29, 0.717) is 18.2 Å². The summed E-state index contributed by atoms with van der Waals surface area (Å²) < 4.78 is 6.32. The molecule has 0 bridgehead atoms. The van der Waals surface area contributed by atoms with E-state index in [1.54, 1.807) is 0 Å². The summed E-state index contributed by atoms with van der Waals surface area (Å²) in [5.74, 6) is 0.865. The lowest BCUT2D eigenvalue weighted by Gasteiger charge is -2.19. The summed E-state index contributed by atoms with van der Waals surface area (Å²) in [6.07, 6.45) is 0. The highest BCUT2D eigenvalue weighted by atomic mass is 79.9. The number of hydrogen-bond donors (Lipinski definition) is 2. The van der Waals surface area contributed by atoms with Crippen LogP contribution in [-0.4, -0.2) is 13.2 Å². The van der Waals surface area contributed by atoms with Gasteiger partial charge in [-0.25, -0.2) is 0 Å². The Kier molecular flexibility index (Phi) is 5.91. The summed E-state index contributed by atoms with van der Waals surface area (Å²) in [4.78, 5) is 0. The Hall–Kier alpha value is -1.23. The Bertz CT molecular complexity index is 589. The molecule has 0 aliphatic rings. The molecule has 2 aromatic carbocycles. The Morgan fingerprint density at radius 3 is 2.52 bits per heavy atom. The molecule has 0 fully saturated rings. The van der Waals surface area contributed by atoms with E-state index in [2.05, 4.69) is 21.2 Å². The van der Waals surface area contributed by atoms with Gasteiger partial charge in [0, 0.05) is 16.7 Å². The third-order valence-electron chi connectivity index (χ3n) is 3.09. The lowest BCUT2D eigenvalue weighted by atomic mass is 10.1. The molecule has 0 aliphatic heterocycles. The second-order valence-electron chi connectivity index (χ2n) is 4.56. The van der Waals surface area contributed by atoms with Crippen LogP contribution in [0.5, 0.6) is 5.75 Å². The average molecular weight is 370 g/mol. The van der Waals surface area contributed by atoms with Gasteiger partial charge in [-0.2, -0.15) is 0 Å². The number of halogens is 2. The number of benzene rings is 2. The van der Waals surface area contributed by atoms with Gasteiger partial charge in [0.25, 0.3) is 0 Å². The Morgan fingerprint density at radius 2 is 1.95 bits per heavy atom. The van der Waals surface area contributed by atoms with E-state index in [9.17, 15) is 0 Å². The second kappa shape index (κ2) is 7.69. The van der Waals surface area contributed by atoms with Crippen LogP contribution in [-0.2, 0) is 0 Å². The molecule has 0 aromatic heterocycles. The van der Waals surface area contributed by atoms with Gasteiger partial charge in [0.05, 0.1) is 17.7 Å². The van der Waals surface area contributed by atoms with Crippen molar-refractivity contribution >= 4 is 33.2 Å². The molecule has 5 heteroatoms. The number of ether oxygens (including phenoxy) is 1. The molecule has 2 aromatic rings. The minimum absolute atomic E-state index is 0.0259. The first-order valence-electron chi connectivity index (χ1n) is 6.78. The van der Waals surface area contributed by atoms with Crippen LogP contribution < -0.4 is 15.8 Å². The van der Waals surface area contributed by atoms with Crippen molar-refractivity contribution in [3.8, 4) is 5.75 Å². The van der Waals surface area contributed by atoms with Crippen LogP contribution in [0.25, 0.3) is 0 Å². The van der Waals surface area contributed by atoms with Gasteiger partial charge in [0.15, 0.2) is 0 Å². The lowest BCUT2D eigenvalue weighted by molar-refractivity contribution is 0.340. The summed E-state index contributed by atoms with van der Waals surface area (Å²) in [7, 11) is 0. The minimum Gasteiger partial charge on any atom is -0.494 e. The van der Waals surface area contributed by atoms with E-state index in [4.69, 9.17) is 22.1 Å². The lowest BCUT2D eigenvalue weighted by Crippen LogP contribution is -2.20. The predicted molar refractivity (Wildman–Crippen MR) is 92.2 cm³/mol. The van der Waals surface area contributed by atoms with E-state index in [1.807, 2.05) is 49.4 Å². The number of nitrogens with one attached hydrogen (secondary N) is 1. The first-order valence-corrected chi connectivity index (χ1v) is 7.95. The molecule has 3 nitrogen and oxygen atoms in total. The summed E-state index contributed by atoms with van der Waals surface area (Å²) in [6.45, 7) is 3.12. The fraction of sp³-hybridized carbons (Fsp3) is 0.250. The molecular weight excluding hydrogens is 352 g/mol. The fourth-order valence-electron chi connectivity index (χ4n) is 2.03. The van der Waals surface area contributed by atoms with Gasteiger partial charge in [0.2, 0.25) is 0 Å². The third-order valence-corrected chi connectivity index (χ3v) is 4.32. The van der Waals surface area contributed by atoms with E-state index in [0.717, 1.165) is 21.5 Å². The molecule has 1 atom stereocenters. The Labute approximate surface area is 138 Å². The first kappa shape index (κ1) is 16.1. The number of nitrogens with two attached hydrogens (primary N) is 1. The molecular formula is C16H18BrClN2O. The molecule has 112 valence electrons. The maximum absolute atomic E-state index is 6.11. The van der Waals surface area contributed by atoms with Crippen molar-refractivity contribution < 1.29 is 4.74 Å². The summed E-state index contributed by atoms with van der Waals surface area (Å²) in [5, 5.41) is 4.06. The van der Waals surface area contributed by atoms with Gasteiger partial charge in [-0.05, 0) is 58.7 Å². The molecule has 0 amide bonds. The Balaban J connectivity index is 2.13. The first-order chi connectivity index (χ1) is 10.1. The summed E-state index contributed by atoms with van der Waals surface area (Å²) in [6, 6.07) is 13.7. The molecule has 3 N–H and O–H groups in total. The molecule has 2 rings (SSSR count). The number of rotatable bonds is 6. The molecule has 0 heterocycles. The highest BCUT2D eigenvalue weighted by Gasteiger charge is 2.10. The largest absolute Gasteiger partial charge is 0.494 e. The number of hydrogen-bond acceptors (Lipinski definition) is 3. The van der Waals surface area contributed by atoms with Crippen molar-refractivity contribution in [2.75, 3.05) is 18.5 Å². The van der Waals surface area contributed by atoms with Crippen LogP contribution in [0.2, 0.25) is 5.02 Å². The predicted octanol–water partition coefficient (Wildman–Crippen LogP) is 4.61. The zero-order valence-corrected chi connectivity index (χ0v) is 14.1. The molecule has 1 unspecified atom stereocenters. The van der Waals surface area contributed by atoms with Crippen molar-refractivity contribution in [3.63, 3.8) is 0 Å². The van der Waals surface area contributed by atoms with Crippen LogP contribution >= 0.6 is 27.5 Å². The van der Waals surface area contributed by atoms with Crippen molar-refractivity contribution in [3.05, 3.63) is 57.5 Å². The van der Waals surface area contributed by atoms with Crippen LogP contribution in [0.4, 0.5) is 5.69 Å². The van der Waals surface area contributed by atoms with Gasteiger partial charge in [-0.15, -0.1) is 0 Å². The van der Waals surface area contributed by atoms with Gasteiger partial charge in [-0.1, -0.05) is 23.7 Å². The van der Waals surface area contributed by atoms with Crippen molar-refractivity contribution in [1.29, 1.82) is 0 Å². The Morgan fingerprint density at radius 1 is 1.24 bits per heavy atom. The minimum atomic E-state index is 0.0259. The van der Waals surface area contributed by atoms with Crippen molar-refractivity contribution in [1.82, 2.24) is 0 Å². The fourth-order valence-corrected chi connectivity index (χ4v) is 2.46. The third kappa shape index (κ3) is 4.37. The number of anilines is 1. The molecule has 0 aliphatic carbocycles. The highest BCUT2D eigenvalue weighted by Crippen LogP contribution is 2.28. The quantitative estimate of drug-likeness (QED) is 0.781. The van der Waals surface area contributed by atoms with E-state index < -0.39 is 0 Å². The maximum Gasteiger partial charge on any atom is 0.119 e. The van der Waals surface area contributed by atoms with Crippen molar-refractivity contribution in [2.45, 2.75) is 13.0 Å². The summed E-state index contributed by atoms with van der Waals surface area (Å²) >= 11 is 9.49. The van der Waals surface area contributed by atoms with Crippen LogP contribution in [0.15, 0.2) is 46.9 Å². The van der Waals surface area contributed by atoms with E-state index in [-0.39, 0.29) is 6.04 Å². The van der Waals surface area contributed by atoms with Crippen LogP contribution in [0, 0.1) is 0 Å². The topological polar surface area (TPSA) is 47.3 Å². The smallest absolute Gasteiger partial charge is 0.119 e. The van der Waals surface area contributed by atoms with Gasteiger partial charge < -0.3 is 15.8 Å². The van der Waals surface area contributed by atoms with Crippen LogP contribution in [0.1, 0.15) is 18.5 Å².